The fourth-order valence-electron chi connectivity index (χ4n) is 29.2. The molecule has 610 valence electrons. The van der Waals surface area contributed by atoms with Gasteiger partial charge >= 0.3 is 0 Å². The first-order valence-electron chi connectivity index (χ1n) is 48.0. The highest BCUT2D eigenvalue weighted by Gasteiger charge is 2.54. The summed E-state index contributed by atoms with van der Waals surface area (Å²) in [6.07, 6.45) is 55.9. The van der Waals surface area contributed by atoms with Gasteiger partial charge in [0.2, 0.25) is 0 Å². The molecule has 2 heteroatoms. The maximum Gasteiger partial charge on any atom is 0.179 e. The van der Waals surface area contributed by atoms with Crippen LogP contribution < -0.4 is 25.6 Å². The second kappa shape index (κ2) is 31.9. The topological polar surface area (TPSA) is 3.24 Å². The smallest absolute Gasteiger partial charge is 0.179 e. The summed E-state index contributed by atoms with van der Waals surface area (Å²) in [6, 6.07) is 102. The third-order valence-corrected chi connectivity index (χ3v) is 39.7. The van der Waals surface area contributed by atoms with Crippen LogP contribution in [0.2, 0.25) is 0 Å². The fourth-order valence-corrected chi connectivity index (χ4v) is 33.9. The molecule has 0 amide bonds. The molecule has 1 nitrogen and oxygen atoms in total. The molecule has 4 fully saturated rings. The number of nitrogens with zero attached hydrogens (tertiary/aromatic N) is 1. The number of anilines is 1. The van der Waals surface area contributed by atoms with Gasteiger partial charge in [-0.15, -0.1) is 0 Å². The van der Waals surface area contributed by atoms with E-state index in [1.807, 2.05) is 0 Å². The number of hydrogen-bond acceptors (Lipinski definition) is 1. The molecule has 0 heterocycles. The highest BCUT2D eigenvalue weighted by molar-refractivity contribution is 7.19. The molecule has 12 aliphatic carbocycles. The van der Waals surface area contributed by atoms with Crippen LogP contribution in [0, 0.1) is 53.3 Å². The van der Waals surface area contributed by atoms with E-state index in [2.05, 4.69) is 354 Å². The molecule has 10 aromatic rings. The van der Waals surface area contributed by atoms with Gasteiger partial charge in [0.15, 0.2) is 8.07 Å². The van der Waals surface area contributed by atoms with Gasteiger partial charge in [-0.05, 0) is 340 Å². The van der Waals surface area contributed by atoms with Gasteiger partial charge in [0.25, 0.3) is 0 Å². The average molecular weight is 1600 g/mol. The minimum Gasteiger partial charge on any atom is -0.342 e. The summed E-state index contributed by atoms with van der Waals surface area (Å²) in [5, 5.41) is 5.79. The normalized spacial score (nSPS) is 29.5. The Bertz CT molecular complexity index is 5580. The van der Waals surface area contributed by atoms with Crippen LogP contribution in [0.15, 0.2) is 333 Å². The number of rotatable bonds is 17. The lowest BCUT2D eigenvalue weighted by atomic mass is 9.50. The van der Waals surface area contributed by atoms with E-state index in [9.17, 15) is 0 Å². The summed E-state index contributed by atoms with van der Waals surface area (Å²) in [4.78, 5) is 2.97. The molecule has 0 spiro atoms. The number of fused-ring (bicyclic) bond motifs is 10. The Labute approximate surface area is 725 Å². The van der Waals surface area contributed by atoms with E-state index in [4.69, 9.17) is 0 Å². The minimum absolute atomic E-state index is 0.0155. The summed E-state index contributed by atoms with van der Waals surface area (Å²) < 4.78 is 0. The maximum atomic E-state index is 2.97. The summed E-state index contributed by atoms with van der Waals surface area (Å²) in [6.45, 7) is 10.0. The number of benzene rings is 10. The highest BCUT2D eigenvalue weighted by Crippen LogP contribution is 2.64. The molecule has 0 saturated heterocycles. The summed E-state index contributed by atoms with van der Waals surface area (Å²) in [5.41, 5.74) is 27.0. The lowest BCUT2D eigenvalue weighted by Gasteiger charge is -2.53. The molecule has 0 bridgehead atoms. The Balaban J connectivity index is 0.572. The number of allylic oxidation sites excluding steroid dienone is 14. The third-order valence-electron chi connectivity index (χ3n) is 34.9. The lowest BCUT2D eigenvalue weighted by molar-refractivity contribution is 0.0959. The Hall–Kier alpha value is -9.60. The molecule has 0 radical (unpaired) electrons. The van der Waals surface area contributed by atoms with Crippen molar-refractivity contribution in [3.63, 3.8) is 0 Å². The molecule has 4 saturated carbocycles. The van der Waals surface area contributed by atoms with Crippen molar-refractivity contribution in [1.82, 2.24) is 0 Å². The Morgan fingerprint density at radius 1 is 0.413 bits per heavy atom. The van der Waals surface area contributed by atoms with Crippen molar-refractivity contribution in [1.29, 1.82) is 0 Å². The third kappa shape index (κ3) is 13.2. The largest absolute Gasteiger partial charge is 0.342 e. The van der Waals surface area contributed by atoms with E-state index < -0.39 is 8.07 Å². The zero-order valence-corrected chi connectivity index (χ0v) is 73.3. The van der Waals surface area contributed by atoms with Crippen LogP contribution in [-0.4, -0.2) is 14.1 Å². The molecule has 0 aromatic heterocycles. The van der Waals surface area contributed by atoms with Gasteiger partial charge in [0.05, 0.1) is 0 Å². The van der Waals surface area contributed by atoms with Crippen LogP contribution in [0.25, 0.3) is 16.7 Å². The zero-order valence-electron chi connectivity index (χ0n) is 72.3. The fraction of sp³-hybridized carbons (Fsp3) is 0.378. The van der Waals surface area contributed by atoms with E-state index in [1.54, 1.807) is 55.8 Å². The summed E-state index contributed by atoms with van der Waals surface area (Å²) >= 11 is 0. The molecule has 15 unspecified atom stereocenters. The van der Waals surface area contributed by atoms with E-state index in [1.165, 1.54) is 182 Å². The van der Waals surface area contributed by atoms with Gasteiger partial charge in [0.1, 0.15) is 0 Å². The van der Waals surface area contributed by atoms with E-state index in [0.29, 0.717) is 94.8 Å². The number of hydrogen-bond donors (Lipinski definition) is 0. The van der Waals surface area contributed by atoms with E-state index in [0.717, 1.165) is 19.3 Å². The van der Waals surface area contributed by atoms with Crippen molar-refractivity contribution in [3.8, 4) is 11.1 Å². The van der Waals surface area contributed by atoms with Gasteiger partial charge in [-0.3, -0.25) is 0 Å². The van der Waals surface area contributed by atoms with Crippen LogP contribution >= 0.6 is 0 Å². The summed E-state index contributed by atoms with van der Waals surface area (Å²) in [5.74, 6) is 8.66. The van der Waals surface area contributed by atoms with Crippen molar-refractivity contribution in [2.24, 2.45) is 53.3 Å². The standard InChI is InChI=1S/C119H125NSi/c1-117(2)111-44-25-23-40-102(111)104-70-58-88(78-113(104)117)81-52-64-94(65-53-81)120(95-66-54-82(55-67-95)89-59-71-105-103-41-24-26-45-112(103)118(3,4)114(105)79-89)115-75-74-100(101-42-27-43-106(101)115)84-46-48-85(49-47-84)116-107-72-60-86(80-50-62-93(63-51-80)119(90-28-11-5-12-29-90,91-30-13-6-14-31-91)92-32-15-7-16-33-92)76-109(107)110-77-87(61-73-108(110)116)83-56-68-99(69-57-83)121(96-34-17-8-18-35-96,97-36-19-9-20-37-97)98-38-21-10-22-39-98/h5-15,17-26,28-30,34-41,44-46,48,50,52-53,56-57,59-60,64-65,68-69,71-72,74-76,79,82,84-85,87-88,91-93,95,101,104,106,108,110,113,116H,16,27,31-33,42-43,47,49,51,54-55,58,61-63,66-67,70,73,77-78H2,1-4H3. The van der Waals surface area contributed by atoms with Crippen LogP contribution in [0.1, 0.15) is 266 Å². The molecule has 12 aliphatic rings. The zero-order chi connectivity index (χ0) is 81.0. The van der Waals surface area contributed by atoms with Crippen molar-refractivity contribution < 1.29 is 0 Å². The molecule has 22 rings (SSSR count). The molecule has 121 heavy (non-hydrogen) atoms. The lowest BCUT2D eigenvalue weighted by Crippen LogP contribution is -2.74. The van der Waals surface area contributed by atoms with Crippen molar-refractivity contribution in [3.05, 3.63) is 394 Å². The first kappa shape index (κ1) is 77.5. The maximum absolute atomic E-state index is 2.97. The second-order valence-electron chi connectivity index (χ2n) is 40.9. The monoisotopic (exact) mass is 1600 g/mol. The molecule has 10 aromatic carbocycles. The Kier molecular flexibility index (Phi) is 20.4. The van der Waals surface area contributed by atoms with Crippen LogP contribution in [0.5, 0.6) is 0 Å². The molecular formula is C119H125NSi. The quantitative estimate of drug-likeness (QED) is 0.0499. The van der Waals surface area contributed by atoms with Gasteiger partial charge in [-0.25, -0.2) is 0 Å². The molecule has 0 aliphatic heterocycles. The second-order valence-corrected chi connectivity index (χ2v) is 44.7. The van der Waals surface area contributed by atoms with E-state index in [-0.39, 0.29) is 16.2 Å². The van der Waals surface area contributed by atoms with Crippen molar-refractivity contribution in [2.75, 3.05) is 4.90 Å². The summed E-state index contributed by atoms with van der Waals surface area (Å²) in [7, 11) is -2.66. The SMILES string of the molecule is CC1(C)c2ccccc2-c2ccc(C3CCC(N(C4=CC=C(C5C=CC(C6c7ccc(C8=CCC(C(c9ccccc9)(C9C=CC=CC9)C9CC=CCC9)CC8)cc7C7CC(c8ccc([Si](c9ccccc9)(c9ccccc9)c9ccccc9)cc8)CCC76)CC5)C5CCCC45)c4ccc(C5CCC6c7ccccc7C(C)(C)C6C5)cc4)CC3)cc21. The predicted molar refractivity (Wildman–Crippen MR) is 511 cm³/mol. The molecule has 0 N–H and O–H groups in total. The van der Waals surface area contributed by atoms with Gasteiger partial charge in [-0.2, -0.15) is 0 Å². The Morgan fingerprint density at radius 3 is 1.75 bits per heavy atom. The predicted octanol–water partition coefficient (Wildman–Crippen LogP) is 27.8. The highest BCUT2D eigenvalue weighted by atomic mass is 28.3. The van der Waals surface area contributed by atoms with Crippen molar-refractivity contribution >= 4 is 40.1 Å². The van der Waals surface area contributed by atoms with Crippen LogP contribution in [0.3, 0.4) is 0 Å². The first-order chi connectivity index (χ1) is 59.5. The molecular weight excluding hydrogens is 1470 g/mol. The molecule has 15 atom stereocenters. The van der Waals surface area contributed by atoms with Gasteiger partial charge in [-0.1, -0.05) is 343 Å². The first-order valence-corrected chi connectivity index (χ1v) is 50.0. The van der Waals surface area contributed by atoms with E-state index >= 15 is 0 Å². The van der Waals surface area contributed by atoms with Gasteiger partial charge in [0, 0.05) is 34.2 Å². The minimum atomic E-state index is -2.66. The van der Waals surface area contributed by atoms with Crippen LogP contribution in [0.4, 0.5) is 5.69 Å². The van der Waals surface area contributed by atoms with Gasteiger partial charge < -0.3 is 4.90 Å². The Morgan fingerprint density at radius 2 is 1.06 bits per heavy atom. The van der Waals surface area contributed by atoms with Crippen molar-refractivity contribution in [2.45, 2.75) is 227 Å². The average Bonchev–Trinajstić information content (AvgIpc) is 1.59. The van der Waals surface area contributed by atoms with Crippen LogP contribution in [-0.2, 0) is 16.2 Å².